The summed E-state index contributed by atoms with van der Waals surface area (Å²) in [5, 5.41) is 23.4. The van der Waals surface area contributed by atoms with Crippen LogP contribution in [0.1, 0.15) is 22.7 Å². The van der Waals surface area contributed by atoms with Crippen LogP contribution in [0.3, 0.4) is 0 Å². The fraction of sp³-hybridized carbons (Fsp3) is 0.294. The molecule has 21 heavy (non-hydrogen) atoms. The number of benzene rings is 2. The fourth-order valence-corrected chi connectivity index (χ4v) is 2.91. The molecule has 0 saturated carbocycles. The molecule has 1 unspecified atom stereocenters. The maximum Gasteiger partial charge on any atom is 0.160 e. The topological polar surface area (TPSA) is 61.7 Å². The zero-order valence-corrected chi connectivity index (χ0v) is 12.0. The Morgan fingerprint density at radius 3 is 2.76 bits per heavy atom. The van der Waals surface area contributed by atoms with Crippen molar-refractivity contribution < 1.29 is 14.9 Å². The van der Waals surface area contributed by atoms with Crippen LogP contribution in [-0.2, 0) is 12.8 Å². The summed E-state index contributed by atoms with van der Waals surface area (Å²) in [6.07, 6.45) is 1.59. The number of phenols is 2. The lowest BCUT2D eigenvalue weighted by atomic mass is 9.89. The standard InChI is InChI=1S/C17H19NO3/c1-21-17-9-11-6-7-18-14(13(11)10-16(17)20)8-12-4-2-3-5-15(12)19/h2-5,9-10,14,18-20H,6-8H2,1H3. The minimum absolute atomic E-state index is 0.0823. The number of phenolic OH excluding ortho intramolecular Hbond substituents is 2. The second-order valence-corrected chi connectivity index (χ2v) is 5.31. The van der Waals surface area contributed by atoms with Crippen LogP contribution in [0.2, 0.25) is 0 Å². The zero-order valence-electron chi connectivity index (χ0n) is 12.0. The quantitative estimate of drug-likeness (QED) is 0.811. The van der Waals surface area contributed by atoms with E-state index < -0.39 is 0 Å². The van der Waals surface area contributed by atoms with Crippen molar-refractivity contribution in [2.75, 3.05) is 13.7 Å². The lowest BCUT2D eigenvalue weighted by Crippen LogP contribution is -2.31. The minimum Gasteiger partial charge on any atom is -0.508 e. The van der Waals surface area contributed by atoms with Gasteiger partial charge in [0, 0.05) is 6.04 Å². The first-order chi connectivity index (χ1) is 10.2. The number of ether oxygens (including phenoxy) is 1. The summed E-state index contributed by atoms with van der Waals surface area (Å²) in [6, 6.07) is 11.1. The van der Waals surface area contributed by atoms with Gasteiger partial charge in [-0.2, -0.15) is 0 Å². The van der Waals surface area contributed by atoms with Crippen molar-refractivity contribution in [2.24, 2.45) is 0 Å². The Hall–Kier alpha value is -2.20. The number of nitrogens with one attached hydrogen (secondary N) is 1. The highest BCUT2D eigenvalue weighted by molar-refractivity contribution is 5.49. The first-order valence-corrected chi connectivity index (χ1v) is 7.09. The molecule has 0 radical (unpaired) electrons. The first kappa shape index (κ1) is 13.8. The van der Waals surface area contributed by atoms with Gasteiger partial charge in [0.25, 0.3) is 0 Å². The monoisotopic (exact) mass is 285 g/mol. The lowest BCUT2D eigenvalue weighted by molar-refractivity contribution is 0.370. The molecule has 0 aliphatic carbocycles. The van der Waals surface area contributed by atoms with Gasteiger partial charge in [0.15, 0.2) is 11.5 Å². The number of hydrogen-bond donors (Lipinski definition) is 3. The molecule has 1 heterocycles. The molecular weight excluding hydrogens is 266 g/mol. The highest BCUT2D eigenvalue weighted by Crippen LogP contribution is 2.36. The van der Waals surface area contributed by atoms with Gasteiger partial charge in [0.05, 0.1) is 7.11 Å². The van der Waals surface area contributed by atoms with Crippen molar-refractivity contribution >= 4 is 0 Å². The number of rotatable bonds is 3. The Morgan fingerprint density at radius 1 is 1.19 bits per heavy atom. The highest BCUT2D eigenvalue weighted by atomic mass is 16.5. The third-order valence-corrected chi connectivity index (χ3v) is 4.02. The second kappa shape index (κ2) is 5.66. The minimum atomic E-state index is 0.0823. The van der Waals surface area contributed by atoms with Crippen LogP contribution in [0.4, 0.5) is 0 Å². The van der Waals surface area contributed by atoms with Crippen molar-refractivity contribution in [2.45, 2.75) is 18.9 Å². The summed E-state index contributed by atoms with van der Waals surface area (Å²) in [5.41, 5.74) is 3.16. The lowest BCUT2D eigenvalue weighted by Gasteiger charge is -2.28. The van der Waals surface area contributed by atoms with Crippen LogP contribution < -0.4 is 10.1 Å². The van der Waals surface area contributed by atoms with Crippen molar-refractivity contribution in [3.63, 3.8) is 0 Å². The Kier molecular flexibility index (Phi) is 3.71. The Labute approximate surface area is 124 Å². The molecule has 0 aromatic heterocycles. The molecule has 1 aliphatic rings. The third kappa shape index (κ3) is 2.67. The van der Waals surface area contributed by atoms with Gasteiger partial charge in [-0.05, 0) is 54.3 Å². The average molecular weight is 285 g/mol. The Morgan fingerprint density at radius 2 is 2.00 bits per heavy atom. The molecule has 0 fully saturated rings. The van der Waals surface area contributed by atoms with E-state index >= 15 is 0 Å². The van der Waals surface area contributed by atoms with Crippen LogP contribution in [0.15, 0.2) is 36.4 Å². The molecule has 3 N–H and O–H groups in total. The summed E-state index contributed by atoms with van der Waals surface area (Å²) < 4.78 is 5.17. The molecule has 0 amide bonds. The molecule has 4 nitrogen and oxygen atoms in total. The normalized spacial score (nSPS) is 17.3. The Balaban J connectivity index is 1.94. The predicted octanol–water partition coefficient (Wildman–Crippen LogP) is 2.54. The van der Waals surface area contributed by atoms with Crippen LogP contribution in [0.5, 0.6) is 17.2 Å². The van der Waals surface area contributed by atoms with Gasteiger partial charge >= 0.3 is 0 Å². The van der Waals surface area contributed by atoms with Gasteiger partial charge in [0.1, 0.15) is 5.75 Å². The van der Waals surface area contributed by atoms with E-state index in [4.69, 9.17) is 4.74 Å². The van der Waals surface area contributed by atoms with Gasteiger partial charge in [-0.1, -0.05) is 18.2 Å². The number of para-hydroxylation sites is 1. The molecular formula is C17H19NO3. The largest absolute Gasteiger partial charge is 0.508 e. The van der Waals surface area contributed by atoms with Gasteiger partial charge in [-0.15, -0.1) is 0 Å². The average Bonchev–Trinajstić information content (AvgIpc) is 2.49. The van der Waals surface area contributed by atoms with E-state index in [1.54, 1.807) is 19.2 Å². The smallest absolute Gasteiger partial charge is 0.160 e. The maximum absolute atomic E-state index is 10.0. The van der Waals surface area contributed by atoms with Crippen LogP contribution in [0.25, 0.3) is 0 Å². The van der Waals surface area contributed by atoms with Gasteiger partial charge in [-0.3, -0.25) is 0 Å². The van der Waals surface area contributed by atoms with Crippen LogP contribution in [-0.4, -0.2) is 23.9 Å². The summed E-state index contributed by atoms with van der Waals surface area (Å²) in [4.78, 5) is 0. The van der Waals surface area contributed by atoms with Crippen molar-refractivity contribution in [3.8, 4) is 17.2 Å². The molecule has 0 saturated heterocycles. The molecule has 1 atom stereocenters. The Bertz CT molecular complexity index is 654. The maximum atomic E-state index is 10.0. The number of methoxy groups -OCH3 is 1. The second-order valence-electron chi connectivity index (χ2n) is 5.31. The molecule has 2 aromatic carbocycles. The van der Waals surface area contributed by atoms with Crippen molar-refractivity contribution in [1.82, 2.24) is 5.32 Å². The first-order valence-electron chi connectivity index (χ1n) is 7.09. The summed E-state index contributed by atoms with van der Waals surface area (Å²) in [6.45, 7) is 0.874. The fourth-order valence-electron chi connectivity index (χ4n) is 2.91. The zero-order chi connectivity index (χ0) is 14.8. The number of hydrogen-bond acceptors (Lipinski definition) is 4. The highest BCUT2D eigenvalue weighted by Gasteiger charge is 2.23. The van der Waals surface area contributed by atoms with Crippen LogP contribution >= 0.6 is 0 Å². The molecule has 2 aromatic rings. The number of aromatic hydroxyl groups is 2. The van der Waals surface area contributed by atoms with E-state index in [2.05, 4.69) is 5.32 Å². The molecule has 1 aliphatic heterocycles. The summed E-state index contributed by atoms with van der Waals surface area (Å²) in [7, 11) is 1.56. The van der Waals surface area contributed by atoms with E-state index in [9.17, 15) is 10.2 Å². The van der Waals surface area contributed by atoms with Gasteiger partial charge in [0.2, 0.25) is 0 Å². The molecule has 110 valence electrons. The van der Waals surface area contributed by atoms with E-state index in [1.807, 2.05) is 24.3 Å². The molecule has 0 spiro atoms. The SMILES string of the molecule is COc1cc2c(cc1O)C(Cc1ccccc1O)NCC2. The van der Waals surface area contributed by atoms with E-state index in [0.717, 1.165) is 24.1 Å². The van der Waals surface area contributed by atoms with Crippen molar-refractivity contribution in [1.29, 1.82) is 0 Å². The summed E-state index contributed by atoms with van der Waals surface area (Å²) in [5.74, 6) is 0.975. The molecule has 0 bridgehead atoms. The predicted molar refractivity (Wildman–Crippen MR) is 80.9 cm³/mol. The third-order valence-electron chi connectivity index (χ3n) is 4.02. The van der Waals surface area contributed by atoms with E-state index in [1.165, 1.54) is 5.56 Å². The van der Waals surface area contributed by atoms with Crippen LogP contribution in [0, 0.1) is 0 Å². The molecule has 3 rings (SSSR count). The van der Waals surface area contributed by atoms with Crippen molar-refractivity contribution in [3.05, 3.63) is 53.1 Å². The van der Waals surface area contributed by atoms with E-state index in [0.29, 0.717) is 17.9 Å². The van der Waals surface area contributed by atoms with E-state index in [-0.39, 0.29) is 11.8 Å². The van der Waals surface area contributed by atoms with Gasteiger partial charge < -0.3 is 20.3 Å². The summed E-state index contributed by atoms with van der Waals surface area (Å²) >= 11 is 0. The number of fused-ring (bicyclic) bond motifs is 1. The van der Waals surface area contributed by atoms with Gasteiger partial charge in [-0.25, -0.2) is 0 Å². The molecule has 4 heteroatoms.